The summed E-state index contributed by atoms with van der Waals surface area (Å²) < 4.78 is 7.44. The number of rotatable bonds is 7. The van der Waals surface area contributed by atoms with Gasteiger partial charge in [0.25, 0.3) is 0 Å². The maximum Gasteiger partial charge on any atom is 0.223 e. The zero-order valence-electron chi connectivity index (χ0n) is 15.2. The molecule has 0 radical (unpaired) electrons. The lowest BCUT2D eigenvalue weighted by Crippen LogP contribution is -2.41. The molecule has 1 fully saturated rings. The number of amides is 1. The average Bonchev–Trinajstić information content (AvgIpc) is 2.99. The molecule has 1 aliphatic heterocycles. The lowest BCUT2D eigenvalue weighted by atomic mass is 9.96. The van der Waals surface area contributed by atoms with Crippen molar-refractivity contribution in [1.82, 2.24) is 14.9 Å². The van der Waals surface area contributed by atoms with Crippen LogP contribution in [0.3, 0.4) is 0 Å². The van der Waals surface area contributed by atoms with Crippen molar-refractivity contribution >= 4 is 22.9 Å². The predicted molar refractivity (Wildman–Crippen MR) is 99.8 cm³/mol. The number of anilines is 1. The molecule has 1 aromatic heterocycles. The van der Waals surface area contributed by atoms with Gasteiger partial charge in [-0.25, -0.2) is 4.98 Å². The van der Waals surface area contributed by atoms with Gasteiger partial charge in [-0.15, -0.1) is 0 Å². The van der Waals surface area contributed by atoms with E-state index >= 15 is 0 Å². The van der Waals surface area contributed by atoms with Crippen molar-refractivity contribution in [3.05, 3.63) is 24.3 Å². The molecule has 0 spiro atoms. The fraction of sp³-hybridized carbons (Fsp3) is 0.579. The van der Waals surface area contributed by atoms with Crippen LogP contribution in [0.4, 0.5) is 5.95 Å². The van der Waals surface area contributed by atoms with E-state index in [2.05, 4.69) is 27.9 Å². The molecule has 6 heteroatoms. The van der Waals surface area contributed by atoms with Crippen LogP contribution in [0.1, 0.15) is 26.2 Å². The van der Waals surface area contributed by atoms with Crippen LogP contribution in [0.5, 0.6) is 0 Å². The zero-order chi connectivity index (χ0) is 17.6. The number of para-hydroxylation sites is 2. The minimum Gasteiger partial charge on any atom is -0.382 e. The molecule has 0 atom stereocenters. The van der Waals surface area contributed by atoms with E-state index in [1.54, 1.807) is 0 Å². The molecule has 0 aliphatic carbocycles. The number of piperidine rings is 1. The number of fused-ring (bicyclic) bond motifs is 1. The highest BCUT2D eigenvalue weighted by Gasteiger charge is 2.26. The Morgan fingerprint density at radius 1 is 1.32 bits per heavy atom. The Morgan fingerprint density at radius 2 is 2.08 bits per heavy atom. The zero-order valence-corrected chi connectivity index (χ0v) is 15.2. The Labute approximate surface area is 149 Å². The summed E-state index contributed by atoms with van der Waals surface area (Å²) in [6.45, 7) is 5.86. The Kier molecular flexibility index (Phi) is 5.91. The number of hydrogen-bond donors (Lipinski definition) is 1. The lowest BCUT2D eigenvalue weighted by molar-refractivity contribution is -0.125. The minimum absolute atomic E-state index is 0.109. The molecule has 0 saturated carbocycles. The first-order valence-corrected chi connectivity index (χ1v) is 9.22. The first-order valence-electron chi connectivity index (χ1n) is 9.22. The van der Waals surface area contributed by atoms with E-state index in [9.17, 15) is 4.79 Å². The SMILES string of the molecule is CCOCCCNC(=O)C1CCN(c2nc3ccccc3n2C)CC1. The van der Waals surface area contributed by atoms with Crippen molar-refractivity contribution in [2.45, 2.75) is 26.2 Å². The van der Waals surface area contributed by atoms with Crippen LogP contribution in [0.2, 0.25) is 0 Å². The molecule has 136 valence electrons. The second kappa shape index (κ2) is 8.34. The van der Waals surface area contributed by atoms with Gasteiger partial charge < -0.3 is 19.5 Å². The van der Waals surface area contributed by atoms with Gasteiger partial charge in [-0.2, -0.15) is 0 Å². The first-order chi connectivity index (χ1) is 12.2. The van der Waals surface area contributed by atoms with Crippen LogP contribution in [0.15, 0.2) is 24.3 Å². The number of carbonyl (C=O) groups excluding carboxylic acids is 1. The lowest BCUT2D eigenvalue weighted by Gasteiger charge is -2.32. The maximum absolute atomic E-state index is 12.3. The summed E-state index contributed by atoms with van der Waals surface area (Å²) in [6.07, 6.45) is 2.62. The fourth-order valence-electron chi connectivity index (χ4n) is 3.43. The van der Waals surface area contributed by atoms with E-state index in [0.29, 0.717) is 13.2 Å². The summed E-state index contributed by atoms with van der Waals surface area (Å²) >= 11 is 0. The molecule has 1 saturated heterocycles. The number of aromatic nitrogens is 2. The molecule has 25 heavy (non-hydrogen) atoms. The molecule has 0 bridgehead atoms. The molecule has 2 heterocycles. The molecular formula is C19H28N4O2. The molecule has 6 nitrogen and oxygen atoms in total. The third-order valence-corrected chi connectivity index (χ3v) is 4.88. The highest BCUT2D eigenvalue weighted by molar-refractivity contribution is 5.80. The molecule has 1 amide bonds. The van der Waals surface area contributed by atoms with Gasteiger partial charge in [-0.05, 0) is 38.3 Å². The molecule has 1 N–H and O–H groups in total. The first kappa shape index (κ1) is 17.7. The Balaban J connectivity index is 1.51. The Morgan fingerprint density at radius 3 is 2.80 bits per heavy atom. The second-order valence-electron chi connectivity index (χ2n) is 6.56. The number of carbonyl (C=O) groups is 1. The smallest absolute Gasteiger partial charge is 0.223 e. The van der Waals surface area contributed by atoms with E-state index in [0.717, 1.165) is 55.9 Å². The predicted octanol–water partition coefficient (Wildman–Crippen LogP) is 2.33. The quantitative estimate of drug-likeness (QED) is 0.783. The summed E-state index contributed by atoms with van der Waals surface area (Å²) in [5.41, 5.74) is 2.17. The van der Waals surface area contributed by atoms with Gasteiger partial charge in [-0.1, -0.05) is 12.1 Å². The van der Waals surface area contributed by atoms with E-state index in [4.69, 9.17) is 9.72 Å². The van der Waals surface area contributed by atoms with Gasteiger partial charge in [0.1, 0.15) is 0 Å². The van der Waals surface area contributed by atoms with E-state index in [-0.39, 0.29) is 11.8 Å². The number of nitrogens with zero attached hydrogens (tertiary/aromatic N) is 3. The summed E-state index contributed by atoms with van der Waals surface area (Å²) in [5.74, 6) is 1.29. The van der Waals surface area contributed by atoms with Crippen LogP contribution in [0, 0.1) is 5.92 Å². The van der Waals surface area contributed by atoms with Gasteiger partial charge in [0.2, 0.25) is 11.9 Å². The molecule has 1 aliphatic rings. The van der Waals surface area contributed by atoms with Crippen molar-refractivity contribution < 1.29 is 9.53 Å². The monoisotopic (exact) mass is 344 g/mol. The summed E-state index contributed by atoms with van der Waals surface area (Å²) in [7, 11) is 2.06. The van der Waals surface area contributed by atoms with Crippen LogP contribution in [-0.2, 0) is 16.6 Å². The van der Waals surface area contributed by atoms with Gasteiger partial charge >= 0.3 is 0 Å². The van der Waals surface area contributed by atoms with Crippen LogP contribution in [0.25, 0.3) is 11.0 Å². The Bertz CT molecular complexity index is 705. The third kappa shape index (κ3) is 4.12. The number of ether oxygens (including phenoxy) is 1. The highest BCUT2D eigenvalue weighted by Crippen LogP contribution is 2.25. The number of hydrogen-bond acceptors (Lipinski definition) is 4. The summed E-state index contributed by atoms with van der Waals surface area (Å²) in [4.78, 5) is 19.3. The number of aryl methyl sites for hydroxylation is 1. The maximum atomic E-state index is 12.3. The number of imidazole rings is 1. The van der Waals surface area contributed by atoms with Crippen LogP contribution < -0.4 is 10.2 Å². The fourth-order valence-corrected chi connectivity index (χ4v) is 3.43. The van der Waals surface area contributed by atoms with Crippen molar-refractivity contribution in [2.24, 2.45) is 13.0 Å². The van der Waals surface area contributed by atoms with Crippen molar-refractivity contribution in [2.75, 3.05) is 37.7 Å². The van der Waals surface area contributed by atoms with Gasteiger partial charge in [0.15, 0.2) is 0 Å². The van der Waals surface area contributed by atoms with Crippen LogP contribution in [-0.4, -0.2) is 48.3 Å². The standard InChI is InChI=1S/C19H28N4O2/c1-3-25-14-6-11-20-18(24)15-9-12-23(13-10-15)19-21-16-7-4-5-8-17(16)22(19)2/h4-5,7-8,15H,3,6,9-14H2,1-2H3,(H,20,24). The summed E-state index contributed by atoms with van der Waals surface area (Å²) in [6, 6.07) is 8.19. The second-order valence-corrected chi connectivity index (χ2v) is 6.56. The Hall–Kier alpha value is -2.08. The number of benzene rings is 1. The van der Waals surface area contributed by atoms with Gasteiger partial charge in [0, 0.05) is 45.8 Å². The normalized spacial score (nSPS) is 15.7. The molecule has 2 aromatic rings. The van der Waals surface area contributed by atoms with Crippen LogP contribution >= 0.6 is 0 Å². The molecule has 3 rings (SSSR count). The highest BCUT2D eigenvalue weighted by atomic mass is 16.5. The largest absolute Gasteiger partial charge is 0.382 e. The third-order valence-electron chi connectivity index (χ3n) is 4.88. The van der Waals surface area contributed by atoms with Gasteiger partial charge in [-0.3, -0.25) is 4.79 Å². The molecule has 0 unspecified atom stereocenters. The number of nitrogens with one attached hydrogen (secondary N) is 1. The van der Waals surface area contributed by atoms with E-state index < -0.39 is 0 Å². The van der Waals surface area contributed by atoms with Crippen molar-refractivity contribution in [3.63, 3.8) is 0 Å². The van der Waals surface area contributed by atoms with E-state index in [1.165, 1.54) is 0 Å². The van der Waals surface area contributed by atoms with E-state index in [1.807, 2.05) is 25.1 Å². The molecule has 1 aromatic carbocycles. The molecular weight excluding hydrogens is 316 g/mol. The topological polar surface area (TPSA) is 59.4 Å². The summed E-state index contributed by atoms with van der Waals surface area (Å²) in [5, 5.41) is 3.04. The van der Waals surface area contributed by atoms with Gasteiger partial charge in [0.05, 0.1) is 11.0 Å². The van der Waals surface area contributed by atoms with Crippen molar-refractivity contribution in [3.8, 4) is 0 Å². The minimum atomic E-state index is 0.109. The van der Waals surface area contributed by atoms with Crippen molar-refractivity contribution in [1.29, 1.82) is 0 Å². The average molecular weight is 344 g/mol.